The largest absolute Gasteiger partial charge is 0.490 e. The molecule has 126 valence electrons. The van der Waals surface area contributed by atoms with E-state index < -0.39 is 5.97 Å². The lowest BCUT2D eigenvalue weighted by Crippen LogP contribution is -2.38. The molecule has 0 atom stereocenters. The van der Waals surface area contributed by atoms with Crippen molar-refractivity contribution in [3.8, 4) is 5.75 Å². The van der Waals surface area contributed by atoms with Gasteiger partial charge in [0.2, 0.25) is 0 Å². The van der Waals surface area contributed by atoms with E-state index in [-0.39, 0.29) is 11.7 Å². The minimum Gasteiger partial charge on any atom is -0.490 e. The summed E-state index contributed by atoms with van der Waals surface area (Å²) in [4.78, 5) is 13.9. The highest BCUT2D eigenvalue weighted by Gasteiger charge is 2.28. The molecule has 1 saturated carbocycles. The molecule has 1 saturated heterocycles. The molecule has 0 bridgehead atoms. The van der Waals surface area contributed by atoms with Gasteiger partial charge < -0.3 is 14.7 Å². The number of carbonyl (C=O) groups is 1. The van der Waals surface area contributed by atoms with E-state index in [9.17, 15) is 9.90 Å². The molecule has 0 unspecified atom stereocenters. The Bertz CT molecular complexity index is 576. The van der Waals surface area contributed by atoms with Crippen molar-refractivity contribution in [2.24, 2.45) is 0 Å². The summed E-state index contributed by atoms with van der Waals surface area (Å²) in [6, 6.07) is 3.92. The van der Waals surface area contributed by atoms with E-state index >= 15 is 0 Å². The minimum atomic E-state index is -0.965. The SMILES string of the molecule is Cc1c(O[C@H]2CC[C@H](N3CCCC3)CC2)cc(Cl)cc1C(=O)O. The number of ether oxygens (including phenoxy) is 1. The maximum atomic E-state index is 11.3. The molecule has 5 heteroatoms. The maximum Gasteiger partial charge on any atom is 0.336 e. The molecule has 1 aromatic rings. The van der Waals surface area contributed by atoms with E-state index in [1.165, 1.54) is 32.0 Å². The average Bonchev–Trinajstić information content (AvgIpc) is 3.05. The first-order valence-corrected chi connectivity index (χ1v) is 8.86. The zero-order chi connectivity index (χ0) is 16.4. The molecule has 1 N–H and O–H groups in total. The third-order valence-electron chi connectivity index (χ3n) is 5.15. The summed E-state index contributed by atoms with van der Waals surface area (Å²) in [5, 5.41) is 9.67. The van der Waals surface area contributed by atoms with Gasteiger partial charge in [-0.3, -0.25) is 0 Å². The second kappa shape index (κ2) is 7.10. The maximum absolute atomic E-state index is 11.3. The van der Waals surface area contributed by atoms with E-state index in [0.717, 1.165) is 25.7 Å². The summed E-state index contributed by atoms with van der Waals surface area (Å²) in [7, 11) is 0. The van der Waals surface area contributed by atoms with Crippen LogP contribution in [-0.2, 0) is 0 Å². The molecule has 1 aromatic carbocycles. The fraction of sp³-hybridized carbons (Fsp3) is 0.611. The summed E-state index contributed by atoms with van der Waals surface area (Å²) in [5.74, 6) is -0.355. The highest BCUT2D eigenvalue weighted by molar-refractivity contribution is 6.31. The highest BCUT2D eigenvalue weighted by atomic mass is 35.5. The summed E-state index contributed by atoms with van der Waals surface area (Å²) >= 11 is 6.04. The van der Waals surface area contributed by atoms with Crippen molar-refractivity contribution < 1.29 is 14.6 Å². The summed E-state index contributed by atoms with van der Waals surface area (Å²) in [6.07, 6.45) is 7.19. The molecule has 23 heavy (non-hydrogen) atoms. The second-order valence-corrected chi connectivity index (χ2v) is 7.11. The number of nitrogens with zero attached hydrogens (tertiary/aromatic N) is 1. The van der Waals surface area contributed by atoms with Gasteiger partial charge in [-0.2, -0.15) is 0 Å². The Balaban J connectivity index is 1.63. The number of halogens is 1. The van der Waals surface area contributed by atoms with Crippen LogP contribution in [0.25, 0.3) is 0 Å². The third kappa shape index (κ3) is 3.81. The van der Waals surface area contributed by atoms with Crippen molar-refractivity contribution >= 4 is 17.6 Å². The fourth-order valence-corrected chi connectivity index (χ4v) is 4.02. The van der Waals surface area contributed by atoms with Crippen LogP contribution in [-0.4, -0.2) is 41.2 Å². The number of hydrogen-bond acceptors (Lipinski definition) is 3. The normalized spacial score (nSPS) is 25.5. The standard InChI is InChI=1S/C18H24ClNO3/c1-12-16(18(21)22)10-13(19)11-17(12)23-15-6-4-14(5-7-15)20-8-2-3-9-20/h10-11,14-15H,2-9H2,1H3,(H,21,22)/t14-,15-. The predicted molar refractivity (Wildman–Crippen MR) is 90.6 cm³/mol. The molecule has 0 spiro atoms. The van der Waals surface area contributed by atoms with E-state index in [4.69, 9.17) is 16.3 Å². The van der Waals surface area contributed by atoms with E-state index in [0.29, 0.717) is 22.4 Å². The molecular formula is C18H24ClNO3. The van der Waals surface area contributed by atoms with Crippen molar-refractivity contribution in [3.63, 3.8) is 0 Å². The van der Waals surface area contributed by atoms with Gasteiger partial charge in [0.05, 0.1) is 11.7 Å². The van der Waals surface area contributed by atoms with Gasteiger partial charge >= 0.3 is 5.97 Å². The lowest BCUT2D eigenvalue weighted by molar-refractivity contribution is 0.0693. The topological polar surface area (TPSA) is 49.8 Å². The van der Waals surface area contributed by atoms with Crippen LogP contribution in [0.4, 0.5) is 0 Å². The zero-order valence-corrected chi connectivity index (χ0v) is 14.3. The van der Waals surface area contributed by atoms with Crippen LogP contribution in [0.15, 0.2) is 12.1 Å². The zero-order valence-electron chi connectivity index (χ0n) is 13.6. The molecule has 1 aliphatic heterocycles. The van der Waals surface area contributed by atoms with Crippen LogP contribution in [0.2, 0.25) is 5.02 Å². The van der Waals surface area contributed by atoms with Crippen LogP contribution >= 0.6 is 11.6 Å². The summed E-state index contributed by atoms with van der Waals surface area (Å²) in [5.41, 5.74) is 0.877. The number of hydrogen-bond donors (Lipinski definition) is 1. The van der Waals surface area contributed by atoms with Gasteiger partial charge in [0, 0.05) is 16.6 Å². The second-order valence-electron chi connectivity index (χ2n) is 6.67. The molecule has 1 heterocycles. The predicted octanol–water partition coefficient (Wildman–Crippen LogP) is 4.13. The van der Waals surface area contributed by atoms with Crippen LogP contribution < -0.4 is 4.74 Å². The lowest BCUT2D eigenvalue weighted by Gasteiger charge is -2.34. The first-order valence-electron chi connectivity index (χ1n) is 8.48. The van der Waals surface area contributed by atoms with Crippen molar-refractivity contribution in [1.29, 1.82) is 0 Å². The van der Waals surface area contributed by atoms with Gasteiger partial charge in [0.1, 0.15) is 5.75 Å². The van der Waals surface area contributed by atoms with Crippen molar-refractivity contribution in [1.82, 2.24) is 4.90 Å². The van der Waals surface area contributed by atoms with Crippen molar-refractivity contribution in [2.45, 2.75) is 57.6 Å². The number of aromatic carboxylic acids is 1. The number of benzene rings is 1. The van der Waals surface area contributed by atoms with Gasteiger partial charge in [-0.05, 0) is 70.7 Å². The molecular weight excluding hydrogens is 314 g/mol. The van der Waals surface area contributed by atoms with Crippen LogP contribution in [0.3, 0.4) is 0 Å². The Morgan fingerprint density at radius 1 is 1.22 bits per heavy atom. The first-order chi connectivity index (χ1) is 11.0. The molecule has 0 radical (unpaired) electrons. The van der Waals surface area contributed by atoms with Crippen LogP contribution in [0.5, 0.6) is 5.75 Å². The minimum absolute atomic E-state index is 0.160. The Kier molecular flexibility index (Phi) is 5.12. The van der Waals surface area contributed by atoms with Gasteiger partial charge in [-0.25, -0.2) is 4.79 Å². The Morgan fingerprint density at radius 3 is 2.48 bits per heavy atom. The quantitative estimate of drug-likeness (QED) is 0.897. The molecule has 3 rings (SSSR count). The highest BCUT2D eigenvalue weighted by Crippen LogP contribution is 2.32. The van der Waals surface area contributed by atoms with Gasteiger partial charge in [-0.1, -0.05) is 11.6 Å². The van der Waals surface area contributed by atoms with Crippen molar-refractivity contribution in [3.05, 3.63) is 28.3 Å². The van der Waals surface area contributed by atoms with Gasteiger partial charge in [0.15, 0.2) is 0 Å². The number of rotatable bonds is 4. The smallest absolute Gasteiger partial charge is 0.336 e. The van der Waals surface area contributed by atoms with Crippen LogP contribution in [0, 0.1) is 6.92 Å². The monoisotopic (exact) mass is 337 g/mol. The lowest BCUT2D eigenvalue weighted by atomic mass is 9.92. The molecule has 1 aliphatic carbocycles. The molecule has 2 aliphatic rings. The Morgan fingerprint density at radius 2 is 1.87 bits per heavy atom. The van der Waals surface area contributed by atoms with E-state index in [2.05, 4.69) is 4.90 Å². The Hall–Kier alpha value is -1.26. The number of likely N-dealkylation sites (tertiary alicyclic amines) is 1. The fourth-order valence-electron chi connectivity index (χ4n) is 3.81. The molecule has 2 fully saturated rings. The Labute approximate surface area is 142 Å². The molecule has 0 aromatic heterocycles. The summed E-state index contributed by atoms with van der Waals surface area (Å²) in [6.45, 7) is 4.27. The van der Waals surface area contributed by atoms with Gasteiger partial charge in [-0.15, -0.1) is 0 Å². The average molecular weight is 338 g/mol. The molecule has 0 amide bonds. The first kappa shape index (κ1) is 16.6. The van der Waals surface area contributed by atoms with E-state index in [1.54, 1.807) is 13.0 Å². The molecule has 4 nitrogen and oxygen atoms in total. The number of carboxylic acid groups (broad SMARTS) is 1. The summed E-state index contributed by atoms with van der Waals surface area (Å²) < 4.78 is 6.10. The third-order valence-corrected chi connectivity index (χ3v) is 5.37. The number of carboxylic acids is 1. The van der Waals surface area contributed by atoms with E-state index in [1.807, 2.05) is 0 Å². The van der Waals surface area contributed by atoms with Crippen molar-refractivity contribution in [2.75, 3.05) is 13.1 Å². The van der Waals surface area contributed by atoms with Gasteiger partial charge in [0.25, 0.3) is 0 Å². The van der Waals surface area contributed by atoms with Crippen LogP contribution in [0.1, 0.15) is 54.4 Å².